The first-order chi connectivity index (χ1) is 8.19. The summed E-state index contributed by atoms with van der Waals surface area (Å²) >= 11 is 3.33. The number of hydrogen-bond donors (Lipinski definition) is 1. The fraction of sp³-hybridized carbons (Fsp3) is 0.300. The molecule has 0 saturated heterocycles. The van der Waals surface area contributed by atoms with Crippen LogP contribution in [0.25, 0.3) is 5.82 Å². The SMILES string of the molecule is CCOCc1nc(N)cc(-n2cc(Br)cn2)n1. The molecular formula is C10H12BrN5O. The van der Waals surface area contributed by atoms with Crippen LogP contribution in [0.3, 0.4) is 0 Å². The van der Waals surface area contributed by atoms with Gasteiger partial charge in [-0.25, -0.2) is 14.6 Å². The van der Waals surface area contributed by atoms with Crippen LogP contribution < -0.4 is 5.73 Å². The Bertz CT molecular complexity index is 513. The number of anilines is 1. The van der Waals surface area contributed by atoms with E-state index in [1.54, 1.807) is 23.1 Å². The van der Waals surface area contributed by atoms with Gasteiger partial charge in [0, 0.05) is 18.9 Å². The zero-order chi connectivity index (χ0) is 12.3. The number of nitrogens with zero attached hydrogens (tertiary/aromatic N) is 4. The molecule has 2 heterocycles. The lowest BCUT2D eigenvalue weighted by Gasteiger charge is -2.05. The number of rotatable bonds is 4. The molecule has 2 aromatic rings. The fourth-order valence-corrected chi connectivity index (χ4v) is 1.59. The Morgan fingerprint density at radius 3 is 2.94 bits per heavy atom. The first kappa shape index (κ1) is 12.0. The van der Waals surface area contributed by atoms with E-state index >= 15 is 0 Å². The zero-order valence-electron chi connectivity index (χ0n) is 9.30. The molecule has 0 aliphatic carbocycles. The van der Waals surface area contributed by atoms with Crippen LogP contribution in [0.5, 0.6) is 0 Å². The van der Waals surface area contributed by atoms with Crippen molar-refractivity contribution in [2.75, 3.05) is 12.3 Å². The number of ether oxygens (including phenoxy) is 1. The molecule has 0 aromatic carbocycles. The van der Waals surface area contributed by atoms with E-state index < -0.39 is 0 Å². The molecule has 6 nitrogen and oxygen atoms in total. The lowest BCUT2D eigenvalue weighted by atomic mass is 10.5. The smallest absolute Gasteiger partial charge is 0.159 e. The monoisotopic (exact) mass is 297 g/mol. The van der Waals surface area contributed by atoms with Crippen LogP contribution in [0.2, 0.25) is 0 Å². The third-order valence-electron chi connectivity index (χ3n) is 2.00. The largest absolute Gasteiger partial charge is 0.384 e. The molecule has 7 heteroatoms. The van der Waals surface area contributed by atoms with Crippen molar-refractivity contribution in [3.63, 3.8) is 0 Å². The summed E-state index contributed by atoms with van der Waals surface area (Å²) in [6.07, 6.45) is 3.48. The molecule has 0 bridgehead atoms. The average molecular weight is 298 g/mol. The minimum Gasteiger partial charge on any atom is -0.384 e. The number of nitrogen functional groups attached to an aromatic ring is 1. The van der Waals surface area contributed by atoms with Crippen LogP contribution in [0.4, 0.5) is 5.82 Å². The second-order valence-corrected chi connectivity index (χ2v) is 4.22. The molecule has 2 N–H and O–H groups in total. The van der Waals surface area contributed by atoms with E-state index in [0.29, 0.717) is 30.7 Å². The van der Waals surface area contributed by atoms with Crippen molar-refractivity contribution in [1.82, 2.24) is 19.7 Å². The van der Waals surface area contributed by atoms with Gasteiger partial charge in [-0.15, -0.1) is 0 Å². The van der Waals surface area contributed by atoms with Crippen molar-refractivity contribution in [2.45, 2.75) is 13.5 Å². The van der Waals surface area contributed by atoms with Gasteiger partial charge >= 0.3 is 0 Å². The van der Waals surface area contributed by atoms with Gasteiger partial charge in [0.1, 0.15) is 12.4 Å². The topological polar surface area (TPSA) is 78.9 Å². The fourth-order valence-electron chi connectivity index (χ4n) is 1.30. The van der Waals surface area contributed by atoms with Gasteiger partial charge in [0.25, 0.3) is 0 Å². The van der Waals surface area contributed by atoms with E-state index in [4.69, 9.17) is 10.5 Å². The highest BCUT2D eigenvalue weighted by atomic mass is 79.9. The maximum atomic E-state index is 5.72. The van der Waals surface area contributed by atoms with Gasteiger partial charge < -0.3 is 10.5 Å². The highest BCUT2D eigenvalue weighted by molar-refractivity contribution is 9.10. The Balaban J connectivity index is 2.31. The second-order valence-electron chi connectivity index (χ2n) is 3.31. The predicted octanol–water partition coefficient (Wildman–Crippen LogP) is 1.54. The van der Waals surface area contributed by atoms with Crippen LogP contribution in [0.15, 0.2) is 22.9 Å². The molecule has 0 atom stereocenters. The molecular weight excluding hydrogens is 286 g/mol. The summed E-state index contributed by atoms with van der Waals surface area (Å²) in [7, 11) is 0. The second kappa shape index (κ2) is 5.24. The van der Waals surface area contributed by atoms with Crippen molar-refractivity contribution in [2.24, 2.45) is 0 Å². The van der Waals surface area contributed by atoms with Gasteiger partial charge in [-0.3, -0.25) is 0 Å². The summed E-state index contributed by atoms with van der Waals surface area (Å²) in [5.74, 6) is 1.57. The van der Waals surface area contributed by atoms with Crippen LogP contribution in [-0.2, 0) is 11.3 Å². The lowest BCUT2D eigenvalue weighted by molar-refractivity contribution is 0.128. The van der Waals surface area contributed by atoms with Crippen molar-refractivity contribution in [1.29, 1.82) is 0 Å². The Morgan fingerprint density at radius 1 is 1.47 bits per heavy atom. The summed E-state index contributed by atoms with van der Waals surface area (Å²) in [4.78, 5) is 8.41. The van der Waals surface area contributed by atoms with Crippen LogP contribution in [-0.4, -0.2) is 26.4 Å². The molecule has 17 heavy (non-hydrogen) atoms. The van der Waals surface area contributed by atoms with Gasteiger partial charge in [0.15, 0.2) is 11.6 Å². The molecule has 0 amide bonds. The summed E-state index contributed by atoms with van der Waals surface area (Å²) in [5, 5.41) is 4.13. The minimum atomic E-state index is 0.344. The summed E-state index contributed by atoms with van der Waals surface area (Å²) < 4.78 is 7.75. The minimum absolute atomic E-state index is 0.344. The normalized spacial score (nSPS) is 10.7. The molecule has 0 unspecified atom stereocenters. The van der Waals surface area contributed by atoms with Gasteiger partial charge in [0.05, 0.1) is 10.7 Å². The van der Waals surface area contributed by atoms with E-state index in [1.165, 1.54) is 0 Å². The predicted molar refractivity (Wildman–Crippen MR) is 66.6 cm³/mol. The lowest BCUT2D eigenvalue weighted by Crippen LogP contribution is -2.07. The molecule has 0 aliphatic rings. The van der Waals surface area contributed by atoms with Crippen LogP contribution in [0.1, 0.15) is 12.7 Å². The van der Waals surface area contributed by atoms with E-state index in [0.717, 1.165) is 4.47 Å². The maximum absolute atomic E-state index is 5.72. The van der Waals surface area contributed by atoms with Crippen molar-refractivity contribution >= 4 is 21.7 Å². The van der Waals surface area contributed by atoms with E-state index in [-0.39, 0.29) is 0 Å². The molecule has 2 rings (SSSR count). The van der Waals surface area contributed by atoms with Crippen molar-refractivity contribution < 1.29 is 4.74 Å². The summed E-state index contributed by atoms with van der Waals surface area (Å²) in [5.41, 5.74) is 5.72. The Morgan fingerprint density at radius 2 is 2.29 bits per heavy atom. The van der Waals surface area contributed by atoms with Gasteiger partial charge in [-0.1, -0.05) is 0 Å². The number of nitrogens with two attached hydrogens (primary N) is 1. The highest BCUT2D eigenvalue weighted by Crippen LogP contribution is 2.12. The number of hydrogen-bond acceptors (Lipinski definition) is 5. The Labute approximate surface area is 107 Å². The van der Waals surface area contributed by atoms with E-state index in [2.05, 4.69) is 31.0 Å². The standard InChI is InChI=1S/C10H12BrN5O/c1-2-17-6-9-14-8(12)3-10(15-9)16-5-7(11)4-13-16/h3-5H,2,6H2,1H3,(H2,12,14,15). The van der Waals surface area contributed by atoms with Crippen LogP contribution >= 0.6 is 15.9 Å². The summed E-state index contributed by atoms with van der Waals surface area (Å²) in [6.45, 7) is 2.87. The molecule has 0 fully saturated rings. The van der Waals surface area contributed by atoms with Crippen molar-refractivity contribution in [3.05, 3.63) is 28.8 Å². The van der Waals surface area contributed by atoms with Crippen molar-refractivity contribution in [3.8, 4) is 5.82 Å². The third-order valence-corrected chi connectivity index (χ3v) is 2.41. The molecule has 90 valence electrons. The maximum Gasteiger partial charge on any atom is 0.159 e. The number of aromatic nitrogens is 4. The molecule has 0 spiro atoms. The highest BCUT2D eigenvalue weighted by Gasteiger charge is 2.05. The van der Waals surface area contributed by atoms with Gasteiger partial charge in [0.2, 0.25) is 0 Å². The summed E-state index contributed by atoms with van der Waals surface area (Å²) in [6, 6.07) is 1.66. The third kappa shape index (κ3) is 3.01. The first-order valence-corrected chi connectivity index (χ1v) is 5.90. The quantitative estimate of drug-likeness (QED) is 0.926. The first-order valence-electron chi connectivity index (χ1n) is 5.10. The molecule has 0 aliphatic heterocycles. The van der Waals surface area contributed by atoms with Crippen LogP contribution in [0, 0.1) is 0 Å². The van der Waals surface area contributed by atoms with Gasteiger partial charge in [-0.05, 0) is 22.9 Å². The van der Waals surface area contributed by atoms with Gasteiger partial charge in [-0.2, -0.15) is 5.10 Å². The van der Waals surface area contributed by atoms with E-state index in [9.17, 15) is 0 Å². The average Bonchev–Trinajstić information content (AvgIpc) is 2.72. The Hall–Kier alpha value is -1.47. The molecule has 2 aromatic heterocycles. The molecule has 0 radical (unpaired) electrons. The Kier molecular flexibility index (Phi) is 3.70. The van der Waals surface area contributed by atoms with E-state index in [1.807, 2.05) is 6.92 Å². The number of halogens is 1. The molecule has 0 saturated carbocycles. The zero-order valence-corrected chi connectivity index (χ0v) is 10.9.